The van der Waals surface area contributed by atoms with Crippen LogP contribution in [0.4, 0.5) is 0 Å². The van der Waals surface area contributed by atoms with E-state index in [0.29, 0.717) is 13.2 Å². The van der Waals surface area contributed by atoms with Gasteiger partial charge < -0.3 is 19.7 Å². The molecule has 0 aromatic carbocycles. The van der Waals surface area contributed by atoms with Gasteiger partial charge in [0.05, 0.1) is 19.8 Å². The Kier molecular flexibility index (Phi) is 4.50. The van der Waals surface area contributed by atoms with E-state index in [9.17, 15) is 0 Å². The first kappa shape index (κ1) is 12.4. The van der Waals surface area contributed by atoms with Crippen LogP contribution in [0.1, 0.15) is 26.2 Å². The van der Waals surface area contributed by atoms with Gasteiger partial charge in [0.2, 0.25) is 0 Å². The number of carbonyl (C=O) groups is 1. The minimum atomic E-state index is -0.833. The van der Waals surface area contributed by atoms with Crippen molar-refractivity contribution in [2.75, 3.05) is 19.8 Å². The molecule has 0 aromatic heterocycles. The molecular formula is C10H18O5. The van der Waals surface area contributed by atoms with Crippen molar-refractivity contribution >= 4 is 5.97 Å². The van der Waals surface area contributed by atoms with Gasteiger partial charge in [0.25, 0.3) is 5.97 Å². The highest BCUT2D eigenvalue weighted by Gasteiger charge is 2.47. The molecule has 2 N–H and O–H groups in total. The van der Waals surface area contributed by atoms with Crippen molar-refractivity contribution in [2.24, 2.45) is 5.92 Å². The molecule has 1 spiro atoms. The second kappa shape index (κ2) is 5.44. The van der Waals surface area contributed by atoms with Crippen molar-refractivity contribution in [2.45, 2.75) is 32.0 Å². The molecule has 1 unspecified atom stereocenters. The number of hydrogen-bond donors (Lipinski definition) is 2. The lowest BCUT2D eigenvalue weighted by molar-refractivity contribution is -0.188. The Balaban J connectivity index is 0.000000245. The van der Waals surface area contributed by atoms with Crippen molar-refractivity contribution in [3.05, 3.63) is 0 Å². The van der Waals surface area contributed by atoms with E-state index in [1.165, 1.54) is 0 Å². The third-order valence-corrected chi connectivity index (χ3v) is 2.70. The number of aliphatic carboxylic acids is 1. The Labute approximate surface area is 89.0 Å². The van der Waals surface area contributed by atoms with Crippen molar-refractivity contribution < 1.29 is 24.5 Å². The van der Waals surface area contributed by atoms with Crippen LogP contribution in [0.25, 0.3) is 0 Å². The predicted molar refractivity (Wildman–Crippen MR) is 52.4 cm³/mol. The fraction of sp³-hybridized carbons (Fsp3) is 0.900. The van der Waals surface area contributed by atoms with Gasteiger partial charge in [-0.3, -0.25) is 4.79 Å². The summed E-state index contributed by atoms with van der Waals surface area (Å²) in [6.07, 6.45) is 3.11. The summed E-state index contributed by atoms with van der Waals surface area (Å²) in [4.78, 5) is 9.00. The summed E-state index contributed by atoms with van der Waals surface area (Å²) in [6, 6.07) is 0. The first-order chi connectivity index (χ1) is 7.10. The van der Waals surface area contributed by atoms with Crippen LogP contribution < -0.4 is 0 Å². The first-order valence-electron chi connectivity index (χ1n) is 5.19. The van der Waals surface area contributed by atoms with Crippen LogP contribution >= 0.6 is 0 Å². The van der Waals surface area contributed by atoms with E-state index >= 15 is 0 Å². The molecule has 1 aliphatic carbocycles. The van der Waals surface area contributed by atoms with E-state index in [1.54, 1.807) is 0 Å². The summed E-state index contributed by atoms with van der Waals surface area (Å²) in [5.41, 5.74) is 0. The van der Waals surface area contributed by atoms with E-state index in [4.69, 9.17) is 24.5 Å². The van der Waals surface area contributed by atoms with Crippen molar-refractivity contribution in [3.63, 3.8) is 0 Å². The van der Waals surface area contributed by atoms with E-state index < -0.39 is 11.8 Å². The lowest BCUT2D eigenvalue weighted by atomic mass is 10.0. The van der Waals surface area contributed by atoms with E-state index in [0.717, 1.165) is 26.2 Å². The molecule has 88 valence electrons. The quantitative estimate of drug-likeness (QED) is 0.674. The molecular weight excluding hydrogens is 200 g/mol. The molecule has 0 bridgehead atoms. The predicted octanol–water partition coefficient (Wildman–Crippen LogP) is 0.613. The molecule has 1 heterocycles. The van der Waals surface area contributed by atoms with Gasteiger partial charge in [-0.15, -0.1) is 0 Å². The number of carboxylic acid groups (broad SMARTS) is 1. The maximum atomic E-state index is 9.03. The number of aliphatic hydroxyl groups is 1. The SMILES string of the molecule is CC(=O)O.OCC1CCCC12OCCO2. The molecule has 5 heteroatoms. The molecule has 1 aliphatic heterocycles. The molecule has 2 fully saturated rings. The highest BCUT2D eigenvalue weighted by molar-refractivity contribution is 5.62. The fourth-order valence-corrected chi connectivity index (χ4v) is 2.10. The second-order valence-corrected chi connectivity index (χ2v) is 3.80. The second-order valence-electron chi connectivity index (χ2n) is 3.80. The number of ether oxygens (including phenoxy) is 2. The Hall–Kier alpha value is -0.650. The highest BCUT2D eigenvalue weighted by atomic mass is 16.7. The number of hydrogen-bond acceptors (Lipinski definition) is 4. The topological polar surface area (TPSA) is 76.0 Å². The van der Waals surface area contributed by atoms with Crippen molar-refractivity contribution in [1.82, 2.24) is 0 Å². The molecule has 1 saturated carbocycles. The molecule has 1 saturated heterocycles. The lowest BCUT2D eigenvalue weighted by Crippen LogP contribution is -2.36. The van der Waals surface area contributed by atoms with Crippen molar-refractivity contribution in [1.29, 1.82) is 0 Å². The van der Waals surface area contributed by atoms with Gasteiger partial charge in [-0.25, -0.2) is 0 Å². The van der Waals surface area contributed by atoms with Crippen LogP contribution in [-0.4, -0.2) is 41.8 Å². The Morgan fingerprint density at radius 2 is 2.00 bits per heavy atom. The van der Waals surface area contributed by atoms with Crippen LogP contribution in [0.2, 0.25) is 0 Å². The van der Waals surface area contributed by atoms with Gasteiger partial charge in [0.15, 0.2) is 5.79 Å². The van der Waals surface area contributed by atoms with Crippen LogP contribution in [0.5, 0.6) is 0 Å². The van der Waals surface area contributed by atoms with Gasteiger partial charge in [-0.05, 0) is 12.8 Å². The Bertz CT molecular complexity index is 200. The van der Waals surface area contributed by atoms with Crippen LogP contribution in [0.15, 0.2) is 0 Å². The molecule has 0 amide bonds. The molecule has 0 aromatic rings. The number of rotatable bonds is 1. The maximum Gasteiger partial charge on any atom is 0.300 e. The summed E-state index contributed by atoms with van der Waals surface area (Å²) in [6.45, 7) is 2.66. The molecule has 15 heavy (non-hydrogen) atoms. The monoisotopic (exact) mass is 218 g/mol. The summed E-state index contributed by atoms with van der Waals surface area (Å²) < 4.78 is 11.0. The highest BCUT2D eigenvalue weighted by Crippen LogP contribution is 2.41. The zero-order valence-electron chi connectivity index (χ0n) is 8.94. The molecule has 2 aliphatic rings. The third kappa shape index (κ3) is 3.15. The van der Waals surface area contributed by atoms with Gasteiger partial charge in [0.1, 0.15) is 0 Å². The number of carboxylic acids is 1. The largest absolute Gasteiger partial charge is 0.481 e. The summed E-state index contributed by atoms with van der Waals surface area (Å²) in [5, 5.41) is 16.4. The average Bonchev–Trinajstić information content (AvgIpc) is 2.76. The maximum absolute atomic E-state index is 9.03. The van der Waals surface area contributed by atoms with Gasteiger partial charge in [-0.2, -0.15) is 0 Å². The smallest absolute Gasteiger partial charge is 0.300 e. The van der Waals surface area contributed by atoms with Crippen LogP contribution in [-0.2, 0) is 14.3 Å². The van der Waals surface area contributed by atoms with Gasteiger partial charge >= 0.3 is 0 Å². The fourth-order valence-electron chi connectivity index (χ4n) is 2.10. The zero-order valence-corrected chi connectivity index (χ0v) is 8.94. The van der Waals surface area contributed by atoms with Crippen LogP contribution in [0, 0.1) is 5.92 Å². The van der Waals surface area contributed by atoms with E-state index in [2.05, 4.69) is 0 Å². The first-order valence-corrected chi connectivity index (χ1v) is 5.19. The molecule has 2 rings (SSSR count). The normalized spacial score (nSPS) is 27.5. The van der Waals surface area contributed by atoms with E-state index in [1.807, 2.05) is 0 Å². The molecule has 0 radical (unpaired) electrons. The summed E-state index contributed by atoms with van der Waals surface area (Å²) in [7, 11) is 0. The molecule has 5 nitrogen and oxygen atoms in total. The summed E-state index contributed by atoms with van der Waals surface area (Å²) in [5.74, 6) is -1.01. The summed E-state index contributed by atoms with van der Waals surface area (Å²) >= 11 is 0. The van der Waals surface area contributed by atoms with Crippen LogP contribution in [0.3, 0.4) is 0 Å². The van der Waals surface area contributed by atoms with Gasteiger partial charge in [0, 0.05) is 19.3 Å². The Morgan fingerprint density at radius 1 is 1.47 bits per heavy atom. The number of aliphatic hydroxyl groups excluding tert-OH is 1. The lowest BCUT2D eigenvalue weighted by Gasteiger charge is -2.27. The average molecular weight is 218 g/mol. The minimum absolute atomic E-state index is 0.194. The zero-order chi connectivity index (χ0) is 11.3. The van der Waals surface area contributed by atoms with E-state index in [-0.39, 0.29) is 12.5 Å². The standard InChI is InChI=1S/C8H14O3.C2H4O2/c9-6-7-2-1-3-8(7)10-4-5-11-8;1-2(3)4/h7,9H,1-6H2;1H3,(H,3,4). The Morgan fingerprint density at radius 3 is 2.47 bits per heavy atom. The third-order valence-electron chi connectivity index (χ3n) is 2.70. The van der Waals surface area contributed by atoms with Gasteiger partial charge in [-0.1, -0.05) is 0 Å². The van der Waals surface area contributed by atoms with Crippen molar-refractivity contribution in [3.8, 4) is 0 Å². The minimum Gasteiger partial charge on any atom is -0.481 e. The molecule has 1 atom stereocenters.